The van der Waals surface area contributed by atoms with E-state index in [2.05, 4.69) is 6.92 Å². The van der Waals surface area contributed by atoms with Crippen LogP contribution in [0.1, 0.15) is 45.4 Å². The number of hydrogen-bond acceptors (Lipinski definition) is 3. The summed E-state index contributed by atoms with van der Waals surface area (Å²) in [5, 5.41) is 17.2. The third kappa shape index (κ3) is 30.1. The minimum Gasteiger partial charge on any atom is -0.481 e. The first-order valence-corrected chi connectivity index (χ1v) is 5.08. The van der Waals surface area contributed by atoms with E-state index in [0.29, 0.717) is 6.42 Å². The third-order valence-electron chi connectivity index (χ3n) is 1.49. The third-order valence-corrected chi connectivity index (χ3v) is 1.49. The van der Waals surface area contributed by atoms with Gasteiger partial charge in [-0.15, -0.1) is 0 Å². The second-order valence-electron chi connectivity index (χ2n) is 3.41. The van der Waals surface area contributed by atoms with Gasteiger partial charge in [0.15, 0.2) is 0 Å². The summed E-state index contributed by atoms with van der Waals surface area (Å²) in [4.78, 5) is 10.0. The van der Waals surface area contributed by atoms with Crippen molar-refractivity contribution in [2.45, 2.75) is 45.4 Å². The molecule has 14 heavy (non-hydrogen) atoms. The highest BCUT2D eigenvalue weighted by atomic mass is 16.5. The summed E-state index contributed by atoms with van der Waals surface area (Å²) in [5.74, 6) is -0.670. The number of carbonyl (C=O) groups is 1. The van der Waals surface area contributed by atoms with Crippen molar-refractivity contribution in [3.63, 3.8) is 0 Å². The molecule has 4 heteroatoms. The number of nitrogens with zero attached hydrogens (tertiary/aromatic N) is 1. The summed E-state index contributed by atoms with van der Waals surface area (Å²) < 4.78 is 0. The van der Waals surface area contributed by atoms with Crippen molar-refractivity contribution in [1.29, 1.82) is 0 Å². The normalized spacial score (nSPS) is 9.50. The summed E-state index contributed by atoms with van der Waals surface area (Å²) >= 11 is 0. The van der Waals surface area contributed by atoms with Crippen molar-refractivity contribution >= 4 is 5.97 Å². The van der Waals surface area contributed by atoms with E-state index in [1.165, 1.54) is 19.3 Å². The Morgan fingerprint density at radius 3 is 1.93 bits per heavy atom. The Labute approximate surface area is 86.5 Å². The molecule has 4 nitrogen and oxygen atoms in total. The maximum Gasteiger partial charge on any atom is 0.303 e. The van der Waals surface area contributed by atoms with Crippen molar-refractivity contribution in [1.82, 2.24) is 5.06 Å². The topological polar surface area (TPSA) is 60.8 Å². The largest absolute Gasteiger partial charge is 0.481 e. The van der Waals surface area contributed by atoms with Crippen LogP contribution in [0.5, 0.6) is 0 Å². The van der Waals surface area contributed by atoms with E-state index in [-0.39, 0.29) is 0 Å². The van der Waals surface area contributed by atoms with Crippen LogP contribution in [0.25, 0.3) is 0 Å². The molecule has 0 saturated heterocycles. The van der Waals surface area contributed by atoms with Gasteiger partial charge in [0.25, 0.3) is 0 Å². The molecule has 0 unspecified atom stereocenters. The maximum absolute atomic E-state index is 10.0. The van der Waals surface area contributed by atoms with Crippen LogP contribution in [0, 0.1) is 0 Å². The van der Waals surface area contributed by atoms with E-state index in [1.807, 2.05) is 0 Å². The smallest absolute Gasteiger partial charge is 0.303 e. The van der Waals surface area contributed by atoms with Crippen LogP contribution in [0.15, 0.2) is 0 Å². The molecular weight excluding hydrogens is 182 g/mol. The molecule has 0 atom stereocenters. The lowest BCUT2D eigenvalue weighted by atomic mass is 10.1. The van der Waals surface area contributed by atoms with Crippen molar-refractivity contribution < 1.29 is 15.1 Å². The molecule has 0 aromatic carbocycles. The maximum atomic E-state index is 10.0. The molecule has 0 heterocycles. The van der Waals surface area contributed by atoms with E-state index in [4.69, 9.17) is 10.3 Å². The molecule has 2 N–H and O–H groups in total. The molecule has 86 valence electrons. The summed E-state index contributed by atoms with van der Waals surface area (Å²) in [6.45, 7) is 2.15. The number of carboxylic acids is 1. The van der Waals surface area contributed by atoms with Gasteiger partial charge in [0.2, 0.25) is 0 Å². The predicted octanol–water partition coefficient (Wildman–Crippen LogP) is 2.37. The number of rotatable bonds is 6. The zero-order chi connectivity index (χ0) is 11.4. The Morgan fingerprint density at radius 1 is 1.14 bits per heavy atom. The fourth-order valence-corrected chi connectivity index (χ4v) is 0.880. The molecule has 0 amide bonds. The van der Waals surface area contributed by atoms with E-state index in [0.717, 1.165) is 17.9 Å². The molecule has 0 aromatic rings. The van der Waals surface area contributed by atoms with Crippen molar-refractivity contribution in [2.75, 3.05) is 14.1 Å². The molecular formula is C10H23NO3. The van der Waals surface area contributed by atoms with Crippen LogP contribution >= 0.6 is 0 Å². The van der Waals surface area contributed by atoms with Crippen molar-refractivity contribution in [2.24, 2.45) is 0 Å². The summed E-state index contributed by atoms with van der Waals surface area (Å²) in [7, 11) is 3.11. The molecule has 0 aliphatic rings. The minimum absolute atomic E-state index is 0.337. The van der Waals surface area contributed by atoms with E-state index in [1.54, 1.807) is 14.1 Å². The van der Waals surface area contributed by atoms with Gasteiger partial charge in [-0.3, -0.25) is 4.79 Å². The SMILES string of the molecule is CCCCCCCC(=O)O.CN(C)O. The lowest BCUT2D eigenvalue weighted by molar-refractivity contribution is -0.137. The molecule has 0 aliphatic heterocycles. The van der Waals surface area contributed by atoms with Crippen molar-refractivity contribution in [3.05, 3.63) is 0 Å². The highest BCUT2D eigenvalue weighted by Crippen LogP contribution is 2.04. The molecule has 0 aliphatic carbocycles. The van der Waals surface area contributed by atoms with Crippen LogP contribution in [0.4, 0.5) is 0 Å². The lowest BCUT2D eigenvalue weighted by Crippen LogP contribution is -2.01. The number of hydrogen-bond donors (Lipinski definition) is 2. The summed E-state index contributed by atoms with van der Waals surface area (Å²) in [6.07, 6.45) is 5.88. The van der Waals surface area contributed by atoms with Gasteiger partial charge in [-0.2, -0.15) is 5.06 Å². The summed E-state index contributed by atoms with van der Waals surface area (Å²) in [6, 6.07) is 0. The number of hydroxylamine groups is 2. The lowest BCUT2D eigenvalue weighted by Gasteiger charge is -1.95. The first-order valence-electron chi connectivity index (χ1n) is 5.08. The second kappa shape index (κ2) is 12.4. The number of unbranched alkanes of at least 4 members (excludes halogenated alkanes) is 4. The Kier molecular flexibility index (Phi) is 14.0. The monoisotopic (exact) mass is 205 g/mol. The van der Waals surface area contributed by atoms with Crippen LogP contribution in [0.3, 0.4) is 0 Å². The van der Waals surface area contributed by atoms with Crippen molar-refractivity contribution in [3.8, 4) is 0 Å². The summed E-state index contributed by atoms with van der Waals surface area (Å²) in [5.41, 5.74) is 0. The standard InChI is InChI=1S/C8H16O2.C2H7NO/c1-2-3-4-5-6-7-8(9)10;1-3(2)4/h2-7H2,1H3,(H,9,10);4H,1-2H3. The fraction of sp³-hybridized carbons (Fsp3) is 0.900. The van der Waals surface area contributed by atoms with Gasteiger partial charge in [-0.1, -0.05) is 32.6 Å². The molecule has 0 radical (unpaired) electrons. The van der Waals surface area contributed by atoms with Crippen LogP contribution in [-0.2, 0) is 4.79 Å². The molecule has 0 rings (SSSR count). The van der Waals surface area contributed by atoms with Gasteiger partial charge < -0.3 is 10.3 Å². The minimum atomic E-state index is -0.670. The van der Waals surface area contributed by atoms with Gasteiger partial charge in [0.1, 0.15) is 0 Å². The predicted molar refractivity (Wildman–Crippen MR) is 56.5 cm³/mol. The second-order valence-corrected chi connectivity index (χ2v) is 3.41. The molecule has 0 saturated carbocycles. The first kappa shape index (κ1) is 15.8. The zero-order valence-electron chi connectivity index (χ0n) is 9.49. The van der Waals surface area contributed by atoms with E-state index in [9.17, 15) is 4.79 Å². The highest BCUT2D eigenvalue weighted by Gasteiger charge is 1.94. The zero-order valence-corrected chi connectivity index (χ0v) is 9.49. The fourth-order valence-electron chi connectivity index (χ4n) is 0.880. The number of carboxylic acid groups (broad SMARTS) is 1. The quantitative estimate of drug-likeness (QED) is 0.516. The van der Waals surface area contributed by atoms with Crippen LogP contribution in [0.2, 0.25) is 0 Å². The average Bonchev–Trinajstić information content (AvgIpc) is 2.02. The molecule has 0 fully saturated rings. The Balaban J connectivity index is 0. The van der Waals surface area contributed by atoms with Gasteiger partial charge in [-0.05, 0) is 6.42 Å². The molecule has 0 aromatic heterocycles. The van der Waals surface area contributed by atoms with E-state index >= 15 is 0 Å². The average molecular weight is 205 g/mol. The van der Waals surface area contributed by atoms with Crippen LogP contribution < -0.4 is 0 Å². The van der Waals surface area contributed by atoms with Crippen LogP contribution in [-0.4, -0.2) is 35.4 Å². The van der Waals surface area contributed by atoms with Gasteiger partial charge in [-0.25, -0.2) is 0 Å². The van der Waals surface area contributed by atoms with Gasteiger partial charge in [0, 0.05) is 20.5 Å². The molecule has 0 bridgehead atoms. The number of aliphatic carboxylic acids is 1. The molecule has 0 spiro atoms. The Bertz CT molecular complexity index is 124. The highest BCUT2D eigenvalue weighted by molar-refractivity contribution is 5.66. The Hall–Kier alpha value is -0.610. The van der Waals surface area contributed by atoms with Gasteiger partial charge in [0.05, 0.1) is 0 Å². The van der Waals surface area contributed by atoms with E-state index < -0.39 is 5.97 Å². The first-order chi connectivity index (χ1) is 6.50. The van der Waals surface area contributed by atoms with Gasteiger partial charge >= 0.3 is 5.97 Å². The Morgan fingerprint density at radius 2 is 1.57 bits per heavy atom.